The first kappa shape index (κ1) is 11.3. The number of nitrogens with one attached hydrogen (secondary N) is 1. The van der Waals surface area contributed by atoms with Crippen molar-refractivity contribution >= 4 is 27.6 Å². The van der Waals surface area contributed by atoms with Gasteiger partial charge in [-0.15, -0.1) is 0 Å². The van der Waals surface area contributed by atoms with Crippen LogP contribution in [-0.4, -0.2) is 25.2 Å². The molecule has 1 atom stereocenters. The van der Waals surface area contributed by atoms with Gasteiger partial charge in [0.05, 0.1) is 18.8 Å². The molecule has 0 spiro atoms. The largest absolute Gasteiger partial charge is 0.475 e. The molecule has 1 N–H and O–H groups in total. The van der Waals surface area contributed by atoms with Gasteiger partial charge in [-0.05, 0) is 25.1 Å². The molecule has 0 saturated heterocycles. The zero-order valence-electron chi connectivity index (χ0n) is 8.83. The number of ether oxygens (including phenoxy) is 2. The summed E-state index contributed by atoms with van der Waals surface area (Å²) in [5.74, 6) is 0.344. The summed E-state index contributed by atoms with van der Waals surface area (Å²) >= 11 is 3.37. The molecule has 0 radical (unpaired) electrons. The lowest BCUT2D eigenvalue weighted by Crippen LogP contribution is -2.38. The predicted octanol–water partition coefficient (Wildman–Crippen LogP) is 2.19. The molecule has 0 bridgehead atoms. The van der Waals surface area contributed by atoms with Gasteiger partial charge < -0.3 is 14.8 Å². The Morgan fingerprint density at radius 1 is 1.69 bits per heavy atom. The van der Waals surface area contributed by atoms with Gasteiger partial charge >= 0.3 is 5.97 Å². The van der Waals surface area contributed by atoms with Crippen LogP contribution in [0.25, 0.3) is 0 Å². The minimum Gasteiger partial charge on any atom is -0.475 e. The minimum absolute atomic E-state index is 0.330. The molecular weight excluding hydrogens is 274 g/mol. The van der Waals surface area contributed by atoms with Gasteiger partial charge in [0.2, 0.25) is 6.10 Å². The van der Waals surface area contributed by atoms with Crippen LogP contribution in [0.15, 0.2) is 22.7 Å². The van der Waals surface area contributed by atoms with Crippen molar-refractivity contribution in [2.45, 2.75) is 13.0 Å². The summed E-state index contributed by atoms with van der Waals surface area (Å²) < 4.78 is 11.4. The standard InChI is InChI=1S/C11H12BrNO3/c1-2-15-11(14)10-6-13-8-5-7(12)3-4-9(8)16-10/h3-5,10,13H,2,6H2,1H3. The topological polar surface area (TPSA) is 47.6 Å². The smallest absolute Gasteiger partial charge is 0.349 e. The third-order valence-corrected chi connectivity index (χ3v) is 2.73. The minimum atomic E-state index is -0.561. The van der Waals surface area contributed by atoms with E-state index in [0.717, 1.165) is 10.2 Å². The molecule has 4 nitrogen and oxygen atoms in total. The van der Waals surface area contributed by atoms with Crippen LogP contribution in [0.1, 0.15) is 6.92 Å². The van der Waals surface area contributed by atoms with Crippen molar-refractivity contribution in [1.29, 1.82) is 0 Å². The van der Waals surface area contributed by atoms with E-state index in [0.29, 0.717) is 18.9 Å². The Morgan fingerprint density at radius 3 is 3.25 bits per heavy atom. The molecule has 1 aliphatic heterocycles. The summed E-state index contributed by atoms with van der Waals surface area (Å²) in [5.41, 5.74) is 0.884. The Labute approximate surface area is 102 Å². The van der Waals surface area contributed by atoms with Crippen LogP contribution in [0.2, 0.25) is 0 Å². The number of anilines is 1. The summed E-state index contributed by atoms with van der Waals surface area (Å²) in [4.78, 5) is 11.5. The first-order valence-corrected chi connectivity index (χ1v) is 5.86. The van der Waals surface area contributed by atoms with E-state index in [4.69, 9.17) is 9.47 Å². The molecule has 2 rings (SSSR count). The molecule has 0 saturated carbocycles. The predicted molar refractivity (Wildman–Crippen MR) is 63.7 cm³/mol. The van der Waals surface area contributed by atoms with Gasteiger partial charge in [0.15, 0.2) is 0 Å². The van der Waals surface area contributed by atoms with Crippen LogP contribution in [-0.2, 0) is 9.53 Å². The number of fused-ring (bicyclic) bond motifs is 1. The number of benzene rings is 1. The van der Waals surface area contributed by atoms with E-state index < -0.39 is 6.10 Å². The van der Waals surface area contributed by atoms with Gasteiger partial charge in [-0.3, -0.25) is 0 Å². The zero-order valence-corrected chi connectivity index (χ0v) is 10.4. The summed E-state index contributed by atoms with van der Waals surface area (Å²) in [7, 11) is 0. The van der Waals surface area contributed by atoms with Crippen molar-refractivity contribution in [3.8, 4) is 5.75 Å². The van der Waals surface area contributed by atoms with Crippen LogP contribution in [0.4, 0.5) is 5.69 Å². The molecule has 0 aromatic heterocycles. The summed E-state index contributed by atoms with van der Waals surface area (Å²) in [6.07, 6.45) is -0.561. The second-order valence-corrected chi connectivity index (χ2v) is 4.30. The second-order valence-electron chi connectivity index (χ2n) is 3.38. The fourth-order valence-electron chi connectivity index (χ4n) is 1.51. The molecule has 0 amide bonds. The third-order valence-electron chi connectivity index (χ3n) is 2.24. The fourth-order valence-corrected chi connectivity index (χ4v) is 1.87. The molecule has 0 fully saturated rings. The first-order chi connectivity index (χ1) is 7.70. The normalized spacial score (nSPS) is 18.0. The van der Waals surface area contributed by atoms with Crippen LogP contribution in [0.3, 0.4) is 0 Å². The lowest BCUT2D eigenvalue weighted by atomic mass is 10.2. The summed E-state index contributed by atoms with van der Waals surface area (Å²) in [5, 5.41) is 3.14. The van der Waals surface area contributed by atoms with Gasteiger partial charge in [-0.25, -0.2) is 4.79 Å². The van der Waals surface area contributed by atoms with Crippen molar-refractivity contribution in [3.05, 3.63) is 22.7 Å². The Morgan fingerprint density at radius 2 is 2.50 bits per heavy atom. The molecule has 1 aromatic carbocycles. The monoisotopic (exact) mass is 285 g/mol. The lowest BCUT2D eigenvalue weighted by molar-refractivity contribution is -0.150. The quantitative estimate of drug-likeness (QED) is 0.847. The molecule has 1 aliphatic rings. The Bertz CT molecular complexity index is 408. The highest BCUT2D eigenvalue weighted by molar-refractivity contribution is 9.10. The first-order valence-electron chi connectivity index (χ1n) is 5.07. The third kappa shape index (κ3) is 2.29. The van der Waals surface area contributed by atoms with E-state index in [9.17, 15) is 4.79 Å². The number of hydrogen-bond donors (Lipinski definition) is 1. The summed E-state index contributed by atoms with van der Waals surface area (Å²) in [6.45, 7) is 2.58. The van der Waals surface area contributed by atoms with Gasteiger partial charge in [0, 0.05) is 4.47 Å². The Hall–Kier alpha value is -1.23. The van der Waals surface area contributed by atoms with Crippen molar-refractivity contribution in [2.24, 2.45) is 0 Å². The molecule has 16 heavy (non-hydrogen) atoms. The van der Waals surface area contributed by atoms with Crippen molar-refractivity contribution in [2.75, 3.05) is 18.5 Å². The number of halogens is 1. The maximum Gasteiger partial charge on any atom is 0.349 e. The van der Waals surface area contributed by atoms with Crippen LogP contribution < -0.4 is 10.1 Å². The van der Waals surface area contributed by atoms with E-state index in [-0.39, 0.29) is 5.97 Å². The summed E-state index contributed by atoms with van der Waals surface area (Å²) in [6, 6.07) is 5.60. The highest BCUT2D eigenvalue weighted by Gasteiger charge is 2.26. The number of carbonyl (C=O) groups excluding carboxylic acids is 1. The average Bonchev–Trinajstić information content (AvgIpc) is 2.28. The maximum atomic E-state index is 11.5. The molecule has 1 unspecified atom stereocenters. The molecule has 1 aromatic rings. The van der Waals surface area contributed by atoms with Gasteiger partial charge in [-0.2, -0.15) is 0 Å². The molecule has 0 aliphatic carbocycles. The van der Waals surface area contributed by atoms with Gasteiger partial charge in [0.1, 0.15) is 5.75 Å². The van der Waals surface area contributed by atoms with Crippen molar-refractivity contribution in [1.82, 2.24) is 0 Å². The molecule has 1 heterocycles. The molecular formula is C11H12BrNO3. The maximum absolute atomic E-state index is 11.5. The highest BCUT2D eigenvalue weighted by Crippen LogP contribution is 2.31. The van der Waals surface area contributed by atoms with E-state index in [1.54, 1.807) is 6.92 Å². The van der Waals surface area contributed by atoms with E-state index in [1.807, 2.05) is 18.2 Å². The van der Waals surface area contributed by atoms with Gasteiger partial charge in [-0.1, -0.05) is 15.9 Å². The van der Waals surface area contributed by atoms with Gasteiger partial charge in [0.25, 0.3) is 0 Å². The van der Waals surface area contributed by atoms with E-state index in [2.05, 4.69) is 21.2 Å². The SMILES string of the molecule is CCOC(=O)C1CNc2cc(Br)ccc2O1. The van der Waals surface area contributed by atoms with Crippen LogP contribution in [0, 0.1) is 0 Å². The van der Waals surface area contributed by atoms with Crippen molar-refractivity contribution < 1.29 is 14.3 Å². The average molecular weight is 286 g/mol. The second kappa shape index (κ2) is 4.74. The van der Waals surface area contributed by atoms with Crippen molar-refractivity contribution in [3.63, 3.8) is 0 Å². The number of rotatable bonds is 2. The Balaban J connectivity index is 2.12. The molecule has 5 heteroatoms. The highest BCUT2D eigenvalue weighted by atomic mass is 79.9. The van der Waals surface area contributed by atoms with E-state index >= 15 is 0 Å². The number of hydrogen-bond acceptors (Lipinski definition) is 4. The number of carbonyl (C=O) groups is 1. The Kier molecular flexibility index (Phi) is 3.33. The number of esters is 1. The van der Waals surface area contributed by atoms with E-state index in [1.165, 1.54) is 0 Å². The lowest BCUT2D eigenvalue weighted by Gasteiger charge is -2.25. The zero-order chi connectivity index (χ0) is 11.5. The van der Waals surface area contributed by atoms with Crippen LogP contribution in [0.5, 0.6) is 5.75 Å². The molecule has 86 valence electrons. The fraction of sp³-hybridized carbons (Fsp3) is 0.364. The van der Waals surface area contributed by atoms with Crippen LogP contribution >= 0.6 is 15.9 Å².